The maximum atomic E-state index is 13.5. The summed E-state index contributed by atoms with van der Waals surface area (Å²) in [7, 11) is 0. The number of benzene rings is 2. The Morgan fingerprint density at radius 3 is 2.36 bits per heavy atom. The van der Waals surface area contributed by atoms with Crippen LogP contribution in [0.4, 0.5) is 13.2 Å². The van der Waals surface area contributed by atoms with Crippen molar-refractivity contribution in [2.75, 3.05) is 0 Å². The third kappa shape index (κ3) is 5.17. The standard InChI is InChI=1S/C20H22F3NO3.ClH/c1-11(2)18(25)15-6-7-16(17(19(15)26)20(21,22)23)27-10-13-4-5-14(9-24)12(3)8-13;/h4-8,11,26H,9-10,24H2,1-3H3;1H. The summed E-state index contributed by atoms with van der Waals surface area (Å²) in [5, 5.41) is 10.1. The largest absolute Gasteiger partial charge is 0.506 e. The summed E-state index contributed by atoms with van der Waals surface area (Å²) < 4.78 is 45.8. The van der Waals surface area contributed by atoms with Crippen molar-refractivity contribution in [2.45, 2.75) is 40.1 Å². The number of Topliss-reactive ketones (excluding diaryl/α,β-unsaturated/α-hetero) is 1. The zero-order chi connectivity index (χ0) is 20.4. The van der Waals surface area contributed by atoms with Crippen LogP contribution in [0.15, 0.2) is 30.3 Å². The van der Waals surface area contributed by atoms with E-state index in [0.717, 1.165) is 23.3 Å². The zero-order valence-corrected chi connectivity index (χ0v) is 16.6. The fourth-order valence-corrected chi connectivity index (χ4v) is 2.71. The predicted molar refractivity (Wildman–Crippen MR) is 103 cm³/mol. The van der Waals surface area contributed by atoms with Crippen LogP contribution in [0.5, 0.6) is 11.5 Å². The van der Waals surface area contributed by atoms with E-state index in [-0.39, 0.29) is 24.6 Å². The molecule has 3 N–H and O–H groups in total. The number of aromatic hydroxyl groups is 1. The van der Waals surface area contributed by atoms with Crippen molar-refractivity contribution in [1.82, 2.24) is 0 Å². The molecule has 2 rings (SSSR count). The molecular formula is C20H23ClF3NO3. The molecule has 0 aliphatic heterocycles. The molecule has 0 amide bonds. The van der Waals surface area contributed by atoms with Gasteiger partial charge in [0.2, 0.25) is 0 Å². The summed E-state index contributed by atoms with van der Waals surface area (Å²) in [4.78, 5) is 12.1. The Balaban J connectivity index is 0.00000392. The van der Waals surface area contributed by atoms with Crippen molar-refractivity contribution in [2.24, 2.45) is 11.7 Å². The number of phenols is 1. The molecule has 0 saturated carbocycles. The molecule has 0 aliphatic carbocycles. The van der Waals surface area contributed by atoms with E-state index < -0.39 is 34.9 Å². The van der Waals surface area contributed by atoms with Crippen molar-refractivity contribution in [3.63, 3.8) is 0 Å². The van der Waals surface area contributed by atoms with Crippen LogP contribution in [-0.4, -0.2) is 10.9 Å². The molecule has 0 atom stereocenters. The number of carbonyl (C=O) groups excluding carboxylic acids is 1. The van der Waals surface area contributed by atoms with Gasteiger partial charge in [-0.25, -0.2) is 0 Å². The molecule has 8 heteroatoms. The number of phenolic OH excluding ortho intramolecular Hbond substituents is 1. The average molecular weight is 418 g/mol. The molecule has 0 heterocycles. The van der Waals surface area contributed by atoms with Gasteiger partial charge in [0.1, 0.15) is 23.7 Å². The van der Waals surface area contributed by atoms with Gasteiger partial charge < -0.3 is 15.6 Å². The van der Waals surface area contributed by atoms with Gasteiger partial charge in [0.15, 0.2) is 5.78 Å². The number of carbonyl (C=O) groups is 1. The SMILES string of the molecule is Cc1cc(COc2ccc(C(=O)C(C)C)c(O)c2C(F)(F)F)ccc1CN.Cl. The minimum atomic E-state index is -4.87. The molecule has 0 fully saturated rings. The first kappa shape index (κ1) is 23.8. The molecule has 0 aliphatic rings. The first-order valence-corrected chi connectivity index (χ1v) is 8.44. The summed E-state index contributed by atoms with van der Waals surface area (Å²) >= 11 is 0. The average Bonchev–Trinajstić information content (AvgIpc) is 2.58. The molecule has 0 bridgehead atoms. The molecule has 0 aromatic heterocycles. The lowest BCUT2D eigenvalue weighted by atomic mass is 9.97. The highest BCUT2D eigenvalue weighted by atomic mass is 35.5. The smallest absolute Gasteiger partial charge is 0.423 e. The van der Waals surface area contributed by atoms with Crippen LogP contribution in [0.25, 0.3) is 0 Å². The number of nitrogens with two attached hydrogens (primary N) is 1. The van der Waals surface area contributed by atoms with Crippen molar-refractivity contribution < 1.29 is 27.8 Å². The molecule has 0 spiro atoms. The number of hydrogen-bond acceptors (Lipinski definition) is 4. The lowest BCUT2D eigenvalue weighted by Gasteiger charge is -2.18. The third-order valence-electron chi connectivity index (χ3n) is 4.23. The van der Waals surface area contributed by atoms with Crippen LogP contribution in [0.3, 0.4) is 0 Å². The van der Waals surface area contributed by atoms with Crippen LogP contribution in [0.2, 0.25) is 0 Å². The van der Waals surface area contributed by atoms with Gasteiger partial charge in [-0.3, -0.25) is 4.79 Å². The Kier molecular flexibility index (Phi) is 7.90. The van der Waals surface area contributed by atoms with E-state index in [4.69, 9.17) is 10.5 Å². The summed E-state index contributed by atoms with van der Waals surface area (Å²) in [6.45, 7) is 5.20. The second-order valence-corrected chi connectivity index (χ2v) is 6.61. The number of ketones is 1. The normalized spacial score (nSPS) is 11.3. The highest BCUT2D eigenvalue weighted by Gasteiger charge is 2.39. The highest BCUT2D eigenvalue weighted by molar-refractivity contribution is 6.00. The highest BCUT2D eigenvalue weighted by Crippen LogP contribution is 2.44. The lowest BCUT2D eigenvalue weighted by molar-refractivity contribution is -0.140. The van der Waals surface area contributed by atoms with Gasteiger partial charge >= 0.3 is 6.18 Å². The minimum absolute atomic E-state index is 0. The zero-order valence-electron chi connectivity index (χ0n) is 15.8. The molecule has 2 aromatic carbocycles. The number of hydrogen-bond donors (Lipinski definition) is 2. The molecule has 0 radical (unpaired) electrons. The summed E-state index contributed by atoms with van der Waals surface area (Å²) in [6.07, 6.45) is -4.87. The van der Waals surface area contributed by atoms with Gasteiger partial charge in [-0.2, -0.15) is 13.2 Å². The monoisotopic (exact) mass is 417 g/mol. The Hall–Kier alpha value is -2.25. The molecule has 28 heavy (non-hydrogen) atoms. The Morgan fingerprint density at radius 2 is 1.86 bits per heavy atom. The van der Waals surface area contributed by atoms with E-state index in [1.54, 1.807) is 32.0 Å². The number of ether oxygens (including phenoxy) is 1. The van der Waals surface area contributed by atoms with Gasteiger partial charge in [-0.05, 0) is 35.7 Å². The van der Waals surface area contributed by atoms with E-state index >= 15 is 0 Å². The molecule has 2 aromatic rings. The number of halogens is 4. The van der Waals surface area contributed by atoms with Crippen LogP contribution in [-0.2, 0) is 19.3 Å². The molecule has 0 unspecified atom stereocenters. The minimum Gasteiger partial charge on any atom is -0.506 e. The van der Waals surface area contributed by atoms with E-state index in [1.165, 1.54) is 0 Å². The van der Waals surface area contributed by atoms with Crippen LogP contribution < -0.4 is 10.5 Å². The van der Waals surface area contributed by atoms with E-state index in [2.05, 4.69) is 0 Å². The van der Waals surface area contributed by atoms with Crippen LogP contribution in [0, 0.1) is 12.8 Å². The van der Waals surface area contributed by atoms with E-state index in [1.807, 2.05) is 6.92 Å². The quantitative estimate of drug-likeness (QED) is 0.647. The van der Waals surface area contributed by atoms with E-state index in [9.17, 15) is 23.1 Å². The van der Waals surface area contributed by atoms with Crippen molar-refractivity contribution in [3.8, 4) is 11.5 Å². The van der Waals surface area contributed by atoms with Crippen molar-refractivity contribution >= 4 is 18.2 Å². The maximum absolute atomic E-state index is 13.5. The molecule has 0 saturated heterocycles. The fraction of sp³-hybridized carbons (Fsp3) is 0.350. The second kappa shape index (κ2) is 9.30. The third-order valence-corrected chi connectivity index (χ3v) is 4.23. The van der Waals surface area contributed by atoms with Gasteiger partial charge in [0.25, 0.3) is 0 Å². The topological polar surface area (TPSA) is 72.5 Å². The van der Waals surface area contributed by atoms with E-state index in [0.29, 0.717) is 12.1 Å². The molecular weight excluding hydrogens is 395 g/mol. The molecule has 154 valence electrons. The van der Waals surface area contributed by atoms with Gasteiger partial charge in [0.05, 0.1) is 5.56 Å². The number of alkyl halides is 3. The van der Waals surface area contributed by atoms with Crippen molar-refractivity contribution in [3.05, 3.63) is 58.1 Å². The Labute approximate surface area is 167 Å². The predicted octanol–water partition coefficient (Wildman–Crippen LogP) is 5.02. The fourth-order valence-electron chi connectivity index (χ4n) is 2.71. The lowest BCUT2D eigenvalue weighted by Crippen LogP contribution is -2.14. The Bertz CT molecular complexity index is 851. The van der Waals surface area contributed by atoms with Crippen LogP contribution >= 0.6 is 12.4 Å². The van der Waals surface area contributed by atoms with Crippen LogP contribution in [0.1, 0.15) is 46.5 Å². The number of aryl methyl sites for hydroxylation is 1. The van der Waals surface area contributed by atoms with Gasteiger partial charge in [-0.1, -0.05) is 32.0 Å². The van der Waals surface area contributed by atoms with Gasteiger partial charge in [0, 0.05) is 12.5 Å². The summed E-state index contributed by atoms with van der Waals surface area (Å²) in [5.41, 5.74) is 6.40. The summed E-state index contributed by atoms with van der Waals surface area (Å²) in [5.74, 6) is -2.75. The summed E-state index contributed by atoms with van der Waals surface area (Å²) in [6, 6.07) is 7.52. The first-order valence-electron chi connectivity index (χ1n) is 8.44. The maximum Gasteiger partial charge on any atom is 0.423 e. The molecule has 4 nitrogen and oxygen atoms in total. The Morgan fingerprint density at radius 1 is 1.21 bits per heavy atom. The first-order chi connectivity index (χ1) is 12.6. The second-order valence-electron chi connectivity index (χ2n) is 6.61. The van der Waals surface area contributed by atoms with Crippen molar-refractivity contribution in [1.29, 1.82) is 0 Å². The van der Waals surface area contributed by atoms with Gasteiger partial charge in [-0.15, -0.1) is 12.4 Å². The number of rotatable bonds is 6.